The first-order chi connectivity index (χ1) is 11.9. The quantitative estimate of drug-likeness (QED) is 0.812. The summed E-state index contributed by atoms with van der Waals surface area (Å²) in [5.41, 5.74) is 6.29. The van der Waals surface area contributed by atoms with Crippen LogP contribution in [0.25, 0.3) is 10.2 Å². The molecule has 1 aliphatic rings. The van der Waals surface area contributed by atoms with Crippen molar-refractivity contribution in [3.05, 3.63) is 16.3 Å². The van der Waals surface area contributed by atoms with Crippen LogP contribution < -0.4 is 10.6 Å². The predicted octanol–water partition coefficient (Wildman–Crippen LogP) is 1.18. The summed E-state index contributed by atoms with van der Waals surface area (Å²) in [6.07, 6.45) is 0. The van der Waals surface area contributed by atoms with Crippen molar-refractivity contribution in [2.24, 2.45) is 5.73 Å². The van der Waals surface area contributed by atoms with Gasteiger partial charge in [0.1, 0.15) is 27.4 Å². The molecule has 2 aromatic heterocycles. The molecule has 1 fully saturated rings. The van der Waals surface area contributed by atoms with E-state index in [0.717, 1.165) is 10.9 Å². The summed E-state index contributed by atoms with van der Waals surface area (Å²) in [7, 11) is 0. The van der Waals surface area contributed by atoms with Crippen LogP contribution in [0.2, 0.25) is 0 Å². The minimum Gasteiger partial charge on any atom is -0.462 e. The Labute approximate surface area is 148 Å². The number of esters is 1. The third-order valence-corrected chi connectivity index (χ3v) is 5.24. The summed E-state index contributed by atoms with van der Waals surface area (Å²) in [6, 6.07) is -0.600. The first-order valence-corrected chi connectivity index (χ1v) is 8.84. The number of aryl methyl sites for hydroxylation is 2. The molecule has 3 rings (SSSR count). The maximum atomic E-state index is 12.2. The monoisotopic (exact) mass is 364 g/mol. The number of fused-ring (bicyclic) bond motifs is 1. The lowest BCUT2D eigenvalue weighted by atomic mass is 10.1. The summed E-state index contributed by atoms with van der Waals surface area (Å²) in [6.45, 7) is 6.87. The van der Waals surface area contributed by atoms with Gasteiger partial charge < -0.3 is 20.1 Å². The highest BCUT2D eigenvalue weighted by Gasteiger charge is 2.32. The molecule has 1 atom stereocenters. The summed E-state index contributed by atoms with van der Waals surface area (Å²) in [5, 5.41) is 0.756. The van der Waals surface area contributed by atoms with Gasteiger partial charge in [0.05, 0.1) is 25.2 Å². The molecule has 0 saturated carbocycles. The van der Waals surface area contributed by atoms with Gasteiger partial charge in [-0.05, 0) is 26.3 Å². The number of hydrogen-bond donors (Lipinski definition) is 1. The Bertz CT molecular complexity index is 835. The molecule has 8 nitrogen and oxygen atoms in total. The number of nitrogens with two attached hydrogens (primary N) is 1. The molecule has 25 heavy (non-hydrogen) atoms. The van der Waals surface area contributed by atoms with E-state index in [4.69, 9.17) is 15.2 Å². The Balaban J connectivity index is 2.17. The number of primary amides is 1. The number of carbonyl (C=O) groups excluding carboxylic acids is 2. The Hall–Kier alpha value is -2.26. The largest absolute Gasteiger partial charge is 0.462 e. The fourth-order valence-corrected chi connectivity index (χ4v) is 4.03. The van der Waals surface area contributed by atoms with Crippen LogP contribution >= 0.6 is 11.3 Å². The van der Waals surface area contributed by atoms with Gasteiger partial charge >= 0.3 is 5.97 Å². The van der Waals surface area contributed by atoms with E-state index in [1.165, 1.54) is 11.3 Å². The van der Waals surface area contributed by atoms with Crippen LogP contribution in [0.3, 0.4) is 0 Å². The molecule has 2 N–H and O–H groups in total. The number of anilines is 1. The van der Waals surface area contributed by atoms with Crippen molar-refractivity contribution in [2.75, 3.05) is 31.3 Å². The molecule has 0 bridgehead atoms. The molecular formula is C16H20N4O4S. The number of ether oxygens (including phenoxy) is 2. The van der Waals surface area contributed by atoms with Crippen LogP contribution in [0.4, 0.5) is 5.82 Å². The number of thiophene rings is 1. The van der Waals surface area contributed by atoms with Crippen LogP contribution in [-0.2, 0) is 14.3 Å². The van der Waals surface area contributed by atoms with Gasteiger partial charge in [0.2, 0.25) is 5.91 Å². The highest BCUT2D eigenvalue weighted by atomic mass is 32.1. The van der Waals surface area contributed by atoms with Gasteiger partial charge in [-0.2, -0.15) is 0 Å². The Morgan fingerprint density at radius 2 is 2.16 bits per heavy atom. The van der Waals surface area contributed by atoms with Crippen LogP contribution in [0.5, 0.6) is 0 Å². The first kappa shape index (κ1) is 17.6. The van der Waals surface area contributed by atoms with E-state index < -0.39 is 11.9 Å². The summed E-state index contributed by atoms with van der Waals surface area (Å²) in [5.74, 6) is 0.329. The van der Waals surface area contributed by atoms with Gasteiger partial charge in [-0.3, -0.25) is 4.79 Å². The maximum absolute atomic E-state index is 12.2. The molecule has 1 amide bonds. The fourth-order valence-electron chi connectivity index (χ4n) is 2.91. The van der Waals surface area contributed by atoms with Crippen LogP contribution in [0.1, 0.15) is 28.0 Å². The van der Waals surface area contributed by atoms with E-state index in [2.05, 4.69) is 9.97 Å². The maximum Gasteiger partial charge on any atom is 0.348 e. The molecule has 0 spiro atoms. The number of aromatic nitrogens is 2. The molecule has 1 unspecified atom stereocenters. The number of amides is 1. The average Bonchev–Trinajstić information content (AvgIpc) is 2.91. The standard InChI is InChI=1S/C16H20N4O4S/c1-4-24-16(22)12-8(2)11-14(18-9(3)19-15(11)25-12)20-5-6-23-7-10(20)13(17)21/h10H,4-7H2,1-3H3,(H2,17,21). The highest BCUT2D eigenvalue weighted by molar-refractivity contribution is 7.20. The Morgan fingerprint density at radius 1 is 1.40 bits per heavy atom. The predicted molar refractivity (Wildman–Crippen MR) is 94.0 cm³/mol. The van der Waals surface area contributed by atoms with Crippen molar-refractivity contribution < 1.29 is 19.1 Å². The molecule has 9 heteroatoms. The Morgan fingerprint density at radius 3 is 2.84 bits per heavy atom. The van der Waals surface area contributed by atoms with Gasteiger partial charge in [0.15, 0.2) is 0 Å². The normalized spacial score (nSPS) is 17.7. The van der Waals surface area contributed by atoms with Gasteiger partial charge in [-0.15, -0.1) is 11.3 Å². The topological polar surface area (TPSA) is 108 Å². The van der Waals surface area contributed by atoms with Gasteiger partial charge in [0.25, 0.3) is 0 Å². The first-order valence-electron chi connectivity index (χ1n) is 8.02. The molecule has 1 saturated heterocycles. The summed E-state index contributed by atoms with van der Waals surface area (Å²) < 4.78 is 10.5. The summed E-state index contributed by atoms with van der Waals surface area (Å²) >= 11 is 1.27. The lowest BCUT2D eigenvalue weighted by Crippen LogP contribution is -2.53. The second-order valence-corrected chi connectivity index (χ2v) is 6.74. The van der Waals surface area contributed by atoms with Gasteiger partial charge in [0, 0.05) is 6.54 Å². The Kier molecular flexibility index (Phi) is 4.87. The highest BCUT2D eigenvalue weighted by Crippen LogP contribution is 2.36. The van der Waals surface area contributed by atoms with Crippen molar-refractivity contribution >= 4 is 39.2 Å². The van der Waals surface area contributed by atoms with E-state index in [0.29, 0.717) is 41.1 Å². The average molecular weight is 364 g/mol. The molecule has 0 aliphatic carbocycles. The summed E-state index contributed by atoms with van der Waals surface area (Å²) in [4.78, 5) is 36.1. The molecule has 1 aliphatic heterocycles. The molecule has 134 valence electrons. The minimum atomic E-state index is -0.600. The van der Waals surface area contributed by atoms with E-state index in [-0.39, 0.29) is 12.6 Å². The SMILES string of the molecule is CCOC(=O)c1sc2nc(C)nc(N3CCOCC3C(N)=O)c2c1C. The van der Waals surface area contributed by atoms with E-state index >= 15 is 0 Å². The molecule has 2 aromatic rings. The molecular weight excluding hydrogens is 344 g/mol. The lowest BCUT2D eigenvalue weighted by Gasteiger charge is -2.35. The van der Waals surface area contributed by atoms with Gasteiger partial charge in [-0.1, -0.05) is 0 Å². The van der Waals surface area contributed by atoms with Crippen molar-refractivity contribution in [2.45, 2.75) is 26.8 Å². The zero-order chi connectivity index (χ0) is 18.1. The van der Waals surface area contributed by atoms with E-state index in [1.807, 2.05) is 11.8 Å². The smallest absolute Gasteiger partial charge is 0.348 e. The number of carbonyl (C=O) groups is 2. The van der Waals surface area contributed by atoms with Crippen LogP contribution in [0, 0.1) is 13.8 Å². The van der Waals surface area contributed by atoms with Gasteiger partial charge in [-0.25, -0.2) is 14.8 Å². The second-order valence-electron chi connectivity index (χ2n) is 5.74. The van der Waals surface area contributed by atoms with Crippen molar-refractivity contribution in [1.82, 2.24) is 9.97 Å². The molecule has 3 heterocycles. The minimum absolute atomic E-state index is 0.216. The van der Waals surface area contributed by atoms with Crippen molar-refractivity contribution in [3.63, 3.8) is 0 Å². The second kappa shape index (κ2) is 6.93. The fraction of sp³-hybridized carbons (Fsp3) is 0.500. The van der Waals surface area contributed by atoms with Crippen molar-refractivity contribution in [3.8, 4) is 0 Å². The third kappa shape index (κ3) is 3.16. The zero-order valence-corrected chi connectivity index (χ0v) is 15.2. The van der Waals surface area contributed by atoms with E-state index in [9.17, 15) is 9.59 Å². The number of hydrogen-bond acceptors (Lipinski definition) is 8. The molecule has 0 aromatic carbocycles. The van der Waals surface area contributed by atoms with Crippen molar-refractivity contribution in [1.29, 1.82) is 0 Å². The molecule has 0 radical (unpaired) electrons. The number of nitrogens with zero attached hydrogens (tertiary/aromatic N) is 3. The van der Waals surface area contributed by atoms with E-state index in [1.54, 1.807) is 13.8 Å². The number of morpholine rings is 1. The van der Waals surface area contributed by atoms with Crippen LogP contribution in [0.15, 0.2) is 0 Å². The zero-order valence-electron chi connectivity index (χ0n) is 14.4. The third-order valence-electron chi connectivity index (χ3n) is 4.07. The van der Waals surface area contributed by atoms with Crippen LogP contribution in [-0.4, -0.2) is 54.3 Å². The lowest BCUT2D eigenvalue weighted by molar-refractivity contribution is -0.121. The number of rotatable bonds is 4.